The standard InChI is InChI=1S/C19H25N3O4/c1-3-26-19(25)21-9-7-20(8-10-21)18(24)15-12-17(23)22(13-15)16-6-4-5-14(2)11-16/h4-6,11,15H,3,7-10,12-13H2,1-2H3. The smallest absolute Gasteiger partial charge is 0.409 e. The van der Waals surface area contributed by atoms with Crippen LogP contribution in [0.15, 0.2) is 24.3 Å². The lowest BCUT2D eigenvalue weighted by Gasteiger charge is -2.35. The molecular formula is C19H25N3O4. The quantitative estimate of drug-likeness (QED) is 0.823. The summed E-state index contributed by atoms with van der Waals surface area (Å²) in [4.78, 5) is 42.0. The normalized spacial score (nSPS) is 20.5. The fraction of sp³-hybridized carbons (Fsp3) is 0.526. The van der Waals surface area contributed by atoms with Crippen molar-refractivity contribution in [3.8, 4) is 0 Å². The van der Waals surface area contributed by atoms with Crippen molar-refractivity contribution in [1.29, 1.82) is 0 Å². The minimum Gasteiger partial charge on any atom is -0.450 e. The number of piperazine rings is 1. The molecule has 7 nitrogen and oxygen atoms in total. The molecule has 0 saturated carbocycles. The first-order valence-electron chi connectivity index (χ1n) is 9.07. The first-order chi connectivity index (χ1) is 12.5. The Morgan fingerprint density at radius 1 is 1.15 bits per heavy atom. The highest BCUT2D eigenvalue weighted by molar-refractivity contribution is 6.00. The molecule has 0 N–H and O–H groups in total. The van der Waals surface area contributed by atoms with Gasteiger partial charge in [-0.1, -0.05) is 12.1 Å². The van der Waals surface area contributed by atoms with Gasteiger partial charge in [0, 0.05) is 44.8 Å². The molecule has 0 bridgehead atoms. The average Bonchev–Trinajstić information content (AvgIpc) is 3.03. The SMILES string of the molecule is CCOC(=O)N1CCN(C(=O)C2CC(=O)N(c3cccc(C)c3)C2)CC1. The van der Waals surface area contributed by atoms with Crippen LogP contribution in [0.2, 0.25) is 0 Å². The summed E-state index contributed by atoms with van der Waals surface area (Å²) in [6.45, 7) is 6.40. The van der Waals surface area contributed by atoms with Crippen molar-refractivity contribution in [1.82, 2.24) is 9.80 Å². The predicted octanol–water partition coefficient (Wildman–Crippen LogP) is 1.65. The molecule has 1 atom stereocenters. The van der Waals surface area contributed by atoms with Gasteiger partial charge in [0.2, 0.25) is 11.8 Å². The monoisotopic (exact) mass is 359 g/mol. The van der Waals surface area contributed by atoms with Gasteiger partial charge in [-0.3, -0.25) is 9.59 Å². The molecule has 7 heteroatoms. The number of aryl methyl sites for hydroxylation is 1. The van der Waals surface area contributed by atoms with Crippen LogP contribution in [-0.2, 0) is 14.3 Å². The van der Waals surface area contributed by atoms with Crippen molar-refractivity contribution >= 4 is 23.6 Å². The van der Waals surface area contributed by atoms with Crippen molar-refractivity contribution in [3.05, 3.63) is 29.8 Å². The van der Waals surface area contributed by atoms with Crippen molar-refractivity contribution in [2.75, 3.05) is 44.2 Å². The zero-order valence-electron chi connectivity index (χ0n) is 15.3. The fourth-order valence-corrected chi connectivity index (χ4v) is 3.50. The third-order valence-corrected chi connectivity index (χ3v) is 4.90. The van der Waals surface area contributed by atoms with E-state index in [4.69, 9.17) is 4.74 Å². The molecule has 0 aliphatic carbocycles. The molecule has 26 heavy (non-hydrogen) atoms. The van der Waals surface area contributed by atoms with Crippen LogP contribution in [-0.4, -0.2) is 67.0 Å². The molecule has 2 fully saturated rings. The second kappa shape index (κ2) is 7.76. The fourth-order valence-electron chi connectivity index (χ4n) is 3.50. The van der Waals surface area contributed by atoms with E-state index in [1.165, 1.54) is 0 Å². The van der Waals surface area contributed by atoms with Gasteiger partial charge in [0.25, 0.3) is 0 Å². The Morgan fingerprint density at radius 3 is 2.50 bits per heavy atom. The maximum atomic E-state index is 12.8. The molecule has 3 amide bonds. The number of carbonyl (C=O) groups excluding carboxylic acids is 3. The van der Waals surface area contributed by atoms with Crippen LogP contribution in [0.1, 0.15) is 18.9 Å². The van der Waals surface area contributed by atoms with Gasteiger partial charge in [-0.15, -0.1) is 0 Å². The summed E-state index contributed by atoms with van der Waals surface area (Å²) in [5.41, 5.74) is 1.93. The Hall–Kier alpha value is -2.57. The molecule has 2 aliphatic rings. The summed E-state index contributed by atoms with van der Waals surface area (Å²) < 4.78 is 5.00. The number of ether oxygens (including phenoxy) is 1. The molecule has 0 spiro atoms. The first-order valence-corrected chi connectivity index (χ1v) is 9.07. The topological polar surface area (TPSA) is 70.2 Å². The van der Waals surface area contributed by atoms with Crippen LogP contribution in [0, 0.1) is 12.8 Å². The summed E-state index contributed by atoms with van der Waals surface area (Å²) in [6.07, 6.45) is -0.0912. The van der Waals surface area contributed by atoms with Gasteiger partial charge < -0.3 is 19.4 Å². The summed E-state index contributed by atoms with van der Waals surface area (Å²) in [6, 6.07) is 7.76. The van der Waals surface area contributed by atoms with Gasteiger partial charge in [-0.25, -0.2) is 4.79 Å². The first kappa shape index (κ1) is 18.2. The van der Waals surface area contributed by atoms with Gasteiger partial charge in [0.1, 0.15) is 0 Å². The molecule has 2 saturated heterocycles. The molecule has 140 valence electrons. The van der Waals surface area contributed by atoms with Gasteiger partial charge >= 0.3 is 6.09 Å². The molecule has 1 aromatic carbocycles. The third-order valence-electron chi connectivity index (χ3n) is 4.90. The highest BCUT2D eigenvalue weighted by Crippen LogP contribution is 2.27. The maximum Gasteiger partial charge on any atom is 0.409 e. The van der Waals surface area contributed by atoms with Crippen LogP contribution in [0.3, 0.4) is 0 Å². The van der Waals surface area contributed by atoms with Crippen molar-refractivity contribution < 1.29 is 19.1 Å². The number of hydrogen-bond acceptors (Lipinski definition) is 4. The minimum atomic E-state index is -0.332. The van der Waals surface area contributed by atoms with E-state index in [2.05, 4.69) is 0 Å². The Bertz CT molecular complexity index is 698. The van der Waals surface area contributed by atoms with Gasteiger partial charge in [0.05, 0.1) is 12.5 Å². The highest BCUT2D eigenvalue weighted by atomic mass is 16.6. The van der Waals surface area contributed by atoms with Crippen LogP contribution in [0.4, 0.5) is 10.5 Å². The zero-order chi connectivity index (χ0) is 18.7. The van der Waals surface area contributed by atoms with Crippen molar-refractivity contribution in [2.24, 2.45) is 5.92 Å². The Morgan fingerprint density at radius 2 is 1.85 bits per heavy atom. The molecule has 0 radical (unpaired) electrons. The number of anilines is 1. The average molecular weight is 359 g/mol. The van der Waals surface area contributed by atoms with Crippen LogP contribution < -0.4 is 4.90 Å². The lowest BCUT2D eigenvalue weighted by Crippen LogP contribution is -2.52. The second-order valence-corrected chi connectivity index (χ2v) is 6.76. The van der Waals surface area contributed by atoms with Crippen molar-refractivity contribution in [3.63, 3.8) is 0 Å². The van der Waals surface area contributed by atoms with E-state index in [-0.39, 0.29) is 30.2 Å². The highest BCUT2D eigenvalue weighted by Gasteiger charge is 2.38. The third kappa shape index (κ3) is 3.81. The van der Waals surface area contributed by atoms with E-state index >= 15 is 0 Å². The van der Waals surface area contributed by atoms with E-state index in [9.17, 15) is 14.4 Å². The Labute approximate surface area is 153 Å². The number of carbonyl (C=O) groups is 3. The number of benzene rings is 1. The lowest BCUT2D eigenvalue weighted by atomic mass is 10.1. The largest absolute Gasteiger partial charge is 0.450 e. The second-order valence-electron chi connectivity index (χ2n) is 6.76. The summed E-state index contributed by atoms with van der Waals surface area (Å²) in [5, 5.41) is 0. The molecule has 3 rings (SSSR count). The number of hydrogen-bond donors (Lipinski definition) is 0. The van der Waals surface area contributed by atoms with E-state index in [0.717, 1.165) is 11.3 Å². The van der Waals surface area contributed by atoms with E-state index in [1.807, 2.05) is 31.2 Å². The van der Waals surface area contributed by atoms with E-state index in [0.29, 0.717) is 39.3 Å². The van der Waals surface area contributed by atoms with Crippen LogP contribution >= 0.6 is 0 Å². The molecule has 0 aromatic heterocycles. The zero-order valence-corrected chi connectivity index (χ0v) is 15.3. The predicted molar refractivity (Wildman–Crippen MR) is 96.8 cm³/mol. The summed E-state index contributed by atoms with van der Waals surface area (Å²) >= 11 is 0. The van der Waals surface area contributed by atoms with Gasteiger partial charge in [0.15, 0.2) is 0 Å². The molecule has 1 aromatic rings. The van der Waals surface area contributed by atoms with Crippen molar-refractivity contribution in [2.45, 2.75) is 20.3 Å². The van der Waals surface area contributed by atoms with Gasteiger partial charge in [-0.05, 0) is 31.5 Å². The number of nitrogens with zero attached hydrogens (tertiary/aromatic N) is 3. The summed E-state index contributed by atoms with van der Waals surface area (Å²) in [7, 11) is 0. The number of amides is 3. The minimum absolute atomic E-state index is 0.00277. The molecule has 1 unspecified atom stereocenters. The number of rotatable bonds is 3. The maximum absolute atomic E-state index is 12.8. The molecular weight excluding hydrogens is 334 g/mol. The summed E-state index contributed by atoms with van der Waals surface area (Å²) in [5.74, 6) is -0.340. The van der Waals surface area contributed by atoms with E-state index in [1.54, 1.807) is 21.6 Å². The molecule has 2 aliphatic heterocycles. The van der Waals surface area contributed by atoms with Crippen LogP contribution in [0.5, 0.6) is 0 Å². The van der Waals surface area contributed by atoms with E-state index < -0.39 is 0 Å². The van der Waals surface area contributed by atoms with Gasteiger partial charge in [-0.2, -0.15) is 0 Å². The lowest BCUT2D eigenvalue weighted by molar-refractivity contribution is -0.137. The Balaban J connectivity index is 1.58. The van der Waals surface area contributed by atoms with Crippen LogP contribution in [0.25, 0.3) is 0 Å². The Kier molecular flexibility index (Phi) is 5.44. The molecule has 2 heterocycles.